The molecule has 0 amide bonds. The van der Waals surface area contributed by atoms with Crippen molar-refractivity contribution in [1.82, 2.24) is 0 Å². The van der Waals surface area contributed by atoms with E-state index in [4.69, 9.17) is 0 Å². The molecule has 2 aliphatic rings. The molecule has 3 unspecified atom stereocenters. The van der Waals surface area contributed by atoms with Gasteiger partial charge in [0.1, 0.15) is 0 Å². The summed E-state index contributed by atoms with van der Waals surface area (Å²) in [5.74, 6) is 1.94. The lowest BCUT2D eigenvalue weighted by Gasteiger charge is -2.24. The van der Waals surface area contributed by atoms with Gasteiger partial charge in [-0.1, -0.05) is 22.4 Å². The van der Waals surface area contributed by atoms with Gasteiger partial charge in [-0.2, -0.15) is 0 Å². The van der Waals surface area contributed by atoms with Gasteiger partial charge in [0.05, 0.1) is 0 Å². The number of anilines is 1. The fraction of sp³-hybridized carbons (Fsp3) is 0.600. The van der Waals surface area contributed by atoms with E-state index in [2.05, 4.69) is 47.2 Å². The van der Waals surface area contributed by atoms with Crippen molar-refractivity contribution in [2.24, 2.45) is 11.8 Å². The molecule has 0 radical (unpaired) electrons. The second-order valence-electron chi connectivity index (χ2n) is 5.85. The van der Waals surface area contributed by atoms with E-state index in [1.54, 1.807) is 0 Å². The van der Waals surface area contributed by atoms with Crippen LogP contribution in [0, 0.1) is 25.7 Å². The van der Waals surface area contributed by atoms with Gasteiger partial charge < -0.3 is 5.32 Å². The summed E-state index contributed by atoms with van der Waals surface area (Å²) in [7, 11) is 0. The fourth-order valence-corrected chi connectivity index (χ4v) is 3.89. The summed E-state index contributed by atoms with van der Waals surface area (Å²) in [5.41, 5.74) is 3.96. The maximum Gasteiger partial charge on any atom is 0.0348 e. The first-order valence-corrected chi connectivity index (χ1v) is 7.46. The normalized spacial score (nSPS) is 30.9. The van der Waals surface area contributed by atoms with Crippen LogP contribution < -0.4 is 5.32 Å². The van der Waals surface area contributed by atoms with Crippen LogP contribution in [0.1, 0.15) is 36.8 Å². The van der Waals surface area contributed by atoms with Crippen molar-refractivity contribution in [2.45, 2.75) is 45.6 Å². The minimum Gasteiger partial charge on any atom is -0.382 e. The summed E-state index contributed by atoms with van der Waals surface area (Å²) >= 11 is 3.63. The lowest BCUT2D eigenvalue weighted by molar-refractivity contribution is 0.440. The van der Waals surface area contributed by atoms with Gasteiger partial charge in [-0.15, -0.1) is 0 Å². The lowest BCUT2D eigenvalue weighted by Crippen LogP contribution is -2.25. The van der Waals surface area contributed by atoms with Crippen LogP contribution in [0.25, 0.3) is 0 Å². The Labute approximate surface area is 112 Å². The van der Waals surface area contributed by atoms with Crippen LogP contribution >= 0.6 is 15.9 Å². The number of nitrogens with one attached hydrogen (secondary N) is 1. The largest absolute Gasteiger partial charge is 0.382 e. The monoisotopic (exact) mass is 293 g/mol. The van der Waals surface area contributed by atoms with Crippen LogP contribution in [-0.2, 0) is 0 Å². The van der Waals surface area contributed by atoms with Crippen LogP contribution in [0.3, 0.4) is 0 Å². The molecule has 0 spiro atoms. The van der Waals surface area contributed by atoms with Gasteiger partial charge in [0.2, 0.25) is 0 Å². The second-order valence-corrected chi connectivity index (χ2v) is 6.64. The summed E-state index contributed by atoms with van der Waals surface area (Å²) in [6.45, 7) is 4.34. The van der Waals surface area contributed by atoms with Gasteiger partial charge in [0.15, 0.2) is 0 Å². The van der Waals surface area contributed by atoms with Crippen LogP contribution in [-0.4, -0.2) is 6.04 Å². The molecule has 3 atom stereocenters. The Morgan fingerprint density at radius 1 is 1.12 bits per heavy atom. The molecule has 2 heteroatoms. The minimum atomic E-state index is 0.730. The lowest BCUT2D eigenvalue weighted by atomic mass is 9.95. The average molecular weight is 294 g/mol. The quantitative estimate of drug-likeness (QED) is 0.836. The zero-order chi connectivity index (χ0) is 12.0. The predicted molar refractivity (Wildman–Crippen MR) is 76.5 cm³/mol. The highest BCUT2D eigenvalue weighted by molar-refractivity contribution is 9.10. The Morgan fingerprint density at radius 3 is 2.35 bits per heavy atom. The van der Waals surface area contributed by atoms with Crippen LogP contribution in [0.5, 0.6) is 0 Å². The number of benzene rings is 1. The van der Waals surface area contributed by atoms with Crippen molar-refractivity contribution in [1.29, 1.82) is 0 Å². The van der Waals surface area contributed by atoms with E-state index in [0.717, 1.165) is 17.9 Å². The summed E-state index contributed by atoms with van der Waals surface area (Å²) in [5, 5.41) is 3.76. The summed E-state index contributed by atoms with van der Waals surface area (Å²) in [4.78, 5) is 0. The van der Waals surface area contributed by atoms with Crippen molar-refractivity contribution < 1.29 is 0 Å². The second kappa shape index (κ2) is 4.31. The number of hydrogen-bond donors (Lipinski definition) is 1. The van der Waals surface area contributed by atoms with Crippen molar-refractivity contribution >= 4 is 21.6 Å². The van der Waals surface area contributed by atoms with Crippen LogP contribution in [0.4, 0.5) is 5.69 Å². The molecule has 2 bridgehead atoms. The molecule has 1 aromatic carbocycles. The Kier molecular flexibility index (Phi) is 2.94. The molecule has 0 heterocycles. The highest BCUT2D eigenvalue weighted by Crippen LogP contribution is 2.45. The molecule has 2 aliphatic carbocycles. The van der Waals surface area contributed by atoms with Crippen molar-refractivity contribution in [3.8, 4) is 0 Å². The Balaban J connectivity index is 1.77. The van der Waals surface area contributed by atoms with Crippen LogP contribution in [0.15, 0.2) is 16.6 Å². The number of aryl methyl sites for hydroxylation is 2. The van der Waals surface area contributed by atoms with Gasteiger partial charge in [-0.05, 0) is 68.2 Å². The number of halogens is 1. The van der Waals surface area contributed by atoms with E-state index < -0.39 is 0 Å². The third kappa shape index (κ3) is 2.12. The highest BCUT2D eigenvalue weighted by Gasteiger charge is 2.39. The molecule has 1 aromatic rings. The minimum absolute atomic E-state index is 0.730. The standard InChI is InChI=1S/C15H20BrN/c1-9-5-13(6-10(2)15(9)16)17-14-8-11-3-4-12(14)7-11/h5-6,11-12,14,17H,3-4,7-8H2,1-2H3. The van der Waals surface area contributed by atoms with Gasteiger partial charge in [-0.25, -0.2) is 0 Å². The Hall–Kier alpha value is -0.500. The molecule has 3 rings (SSSR count). The summed E-state index contributed by atoms with van der Waals surface area (Å²) in [6.07, 6.45) is 5.77. The van der Waals surface area contributed by atoms with E-state index in [1.165, 1.54) is 47.0 Å². The molecule has 1 nitrogen and oxygen atoms in total. The SMILES string of the molecule is Cc1cc(NC2CC3CCC2C3)cc(C)c1Br. The van der Waals surface area contributed by atoms with E-state index >= 15 is 0 Å². The van der Waals surface area contributed by atoms with E-state index in [9.17, 15) is 0 Å². The van der Waals surface area contributed by atoms with Gasteiger partial charge in [0.25, 0.3) is 0 Å². The highest BCUT2D eigenvalue weighted by atomic mass is 79.9. The van der Waals surface area contributed by atoms with Crippen molar-refractivity contribution in [2.75, 3.05) is 5.32 Å². The van der Waals surface area contributed by atoms with Gasteiger partial charge in [-0.3, -0.25) is 0 Å². The molecule has 17 heavy (non-hydrogen) atoms. The molecular weight excluding hydrogens is 274 g/mol. The third-order valence-corrected chi connectivity index (χ3v) is 5.78. The number of rotatable bonds is 2. The predicted octanol–water partition coefficient (Wildman–Crippen LogP) is 4.67. The molecule has 0 aliphatic heterocycles. The topological polar surface area (TPSA) is 12.0 Å². The summed E-state index contributed by atoms with van der Waals surface area (Å²) < 4.78 is 1.25. The summed E-state index contributed by atoms with van der Waals surface area (Å²) in [6, 6.07) is 5.26. The third-order valence-electron chi connectivity index (χ3n) is 4.53. The molecule has 0 aromatic heterocycles. The fourth-order valence-electron chi connectivity index (χ4n) is 3.66. The molecular formula is C15H20BrN. The van der Waals surface area contributed by atoms with Crippen molar-refractivity contribution in [3.05, 3.63) is 27.7 Å². The molecule has 1 N–H and O–H groups in total. The first-order chi connectivity index (χ1) is 8.13. The smallest absolute Gasteiger partial charge is 0.0348 e. The molecule has 2 fully saturated rings. The molecule has 2 saturated carbocycles. The van der Waals surface area contributed by atoms with E-state index in [1.807, 2.05) is 0 Å². The zero-order valence-corrected chi connectivity index (χ0v) is 12.2. The first-order valence-electron chi connectivity index (χ1n) is 6.67. The molecule has 0 saturated heterocycles. The van der Waals surface area contributed by atoms with Crippen molar-refractivity contribution in [3.63, 3.8) is 0 Å². The van der Waals surface area contributed by atoms with E-state index in [0.29, 0.717) is 0 Å². The maximum atomic E-state index is 3.76. The van der Waals surface area contributed by atoms with Gasteiger partial charge in [0, 0.05) is 16.2 Å². The Bertz CT molecular complexity index is 418. The average Bonchev–Trinajstić information content (AvgIpc) is 2.87. The molecule has 92 valence electrons. The van der Waals surface area contributed by atoms with Crippen LogP contribution in [0.2, 0.25) is 0 Å². The van der Waals surface area contributed by atoms with E-state index in [-0.39, 0.29) is 0 Å². The first kappa shape index (κ1) is 11.6. The number of fused-ring (bicyclic) bond motifs is 2. The zero-order valence-electron chi connectivity index (χ0n) is 10.6. The Morgan fingerprint density at radius 2 is 1.82 bits per heavy atom. The number of hydrogen-bond acceptors (Lipinski definition) is 1. The van der Waals surface area contributed by atoms with Gasteiger partial charge >= 0.3 is 0 Å². The maximum absolute atomic E-state index is 3.76.